The highest BCUT2D eigenvalue weighted by Crippen LogP contribution is 2.33. The fourth-order valence-corrected chi connectivity index (χ4v) is 5.48. The summed E-state index contributed by atoms with van der Waals surface area (Å²) in [5, 5.41) is 3.66. The molecular weight excluding hydrogens is 585 g/mol. The number of halogens is 2. The van der Waals surface area contributed by atoms with Crippen LogP contribution in [0, 0.1) is 0 Å². The predicted molar refractivity (Wildman–Crippen MR) is 164 cm³/mol. The van der Waals surface area contributed by atoms with E-state index >= 15 is 0 Å². The molecule has 0 fully saturated rings. The Morgan fingerprint density at radius 3 is 2.20 bits per heavy atom. The van der Waals surface area contributed by atoms with Gasteiger partial charge in [0.05, 0.1) is 19.1 Å². The third kappa shape index (κ3) is 9.11. The Balaban J connectivity index is 2.13. The summed E-state index contributed by atoms with van der Waals surface area (Å²) in [6.07, 6.45) is 1.19. The molecule has 0 saturated carbocycles. The molecule has 0 aliphatic heterocycles. The van der Waals surface area contributed by atoms with Gasteiger partial charge in [-0.1, -0.05) is 71.7 Å². The van der Waals surface area contributed by atoms with Crippen LogP contribution in [0.15, 0.2) is 72.8 Å². The number of carbonyl (C=O) groups excluding carboxylic acids is 2. The Morgan fingerprint density at radius 2 is 1.61 bits per heavy atom. The van der Waals surface area contributed by atoms with Gasteiger partial charge in [-0.2, -0.15) is 0 Å². The molecule has 1 N–H and O–H groups in total. The van der Waals surface area contributed by atoms with Gasteiger partial charge in [0.1, 0.15) is 18.3 Å². The molecule has 0 aromatic heterocycles. The lowest BCUT2D eigenvalue weighted by Gasteiger charge is -2.35. The number of nitrogens with one attached hydrogen (secondary N) is 1. The first-order valence-electron chi connectivity index (χ1n) is 12.9. The maximum atomic E-state index is 14.2. The fraction of sp³-hybridized carbons (Fsp3) is 0.333. The number of carbonyl (C=O) groups is 2. The van der Waals surface area contributed by atoms with Crippen molar-refractivity contribution in [1.82, 2.24) is 10.2 Å². The van der Waals surface area contributed by atoms with Crippen LogP contribution >= 0.6 is 23.2 Å². The summed E-state index contributed by atoms with van der Waals surface area (Å²) in [5.41, 5.74) is 0.954. The molecule has 2 amide bonds. The maximum Gasteiger partial charge on any atom is 0.244 e. The first-order chi connectivity index (χ1) is 19.2. The minimum atomic E-state index is -3.99. The zero-order chi connectivity index (χ0) is 30.4. The van der Waals surface area contributed by atoms with E-state index in [1.165, 1.54) is 24.1 Å². The second-order valence-electron chi connectivity index (χ2n) is 10.6. The van der Waals surface area contributed by atoms with Crippen LogP contribution in [0.1, 0.15) is 31.9 Å². The Labute approximate surface area is 252 Å². The van der Waals surface area contributed by atoms with E-state index in [2.05, 4.69) is 5.32 Å². The van der Waals surface area contributed by atoms with E-state index in [1.54, 1.807) is 30.3 Å². The molecule has 0 bridgehead atoms. The Bertz CT molecular complexity index is 1480. The van der Waals surface area contributed by atoms with Crippen molar-refractivity contribution in [2.75, 3.05) is 24.2 Å². The molecule has 3 rings (SSSR count). The zero-order valence-electron chi connectivity index (χ0n) is 23.7. The first-order valence-corrected chi connectivity index (χ1v) is 15.5. The van der Waals surface area contributed by atoms with Crippen LogP contribution in [0.25, 0.3) is 0 Å². The Hall–Kier alpha value is -3.27. The average Bonchev–Trinajstić information content (AvgIpc) is 2.89. The number of sulfonamides is 1. The predicted octanol–water partition coefficient (Wildman–Crippen LogP) is 5.32. The van der Waals surface area contributed by atoms with Crippen molar-refractivity contribution >= 4 is 50.7 Å². The molecule has 0 aliphatic carbocycles. The molecule has 11 heteroatoms. The van der Waals surface area contributed by atoms with Gasteiger partial charge in [-0.15, -0.1) is 0 Å². The second kappa shape index (κ2) is 13.6. The van der Waals surface area contributed by atoms with E-state index in [4.69, 9.17) is 27.9 Å². The van der Waals surface area contributed by atoms with Crippen LogP contribution in [-0.2, 0) is 32.6 Å². The lowest BCUT2D eigenvalue weighted by molar-refractivity contribution is -0.140. The highest BCUT2D eigenvalue weighted by molar-refractivity contribution is 7.92. The zero-order valence-corrected chi connectivity index (χ0v) is 26.1. The Morgan fingerprint density at radius 1 is 0.976 bits per heavy atom. The highest BCUT2D eigenvalue weighted by atomic mass is 35.5. The van der Waals surface area contributed by atoms with E-state index < -0.39 is 34.1 Å². The van der Waals surface area contributed by atoms with Gasteiger partial charge in [-0.3, -0.25) is 13.9 Å². The van der Waals surface area contributed by atoms with Crippen LogP contribution in [0.3, 0.4) is 0 Å². The van der Waals surface area contributed by atoms with Crippen molar-refractivity contribution in [3.8, 4) is 5.75 Å². The number of methoxy groups -OCH3 is 1. The van der Waals surface area contributed by atoms with Crippen molar-refractivity contribution < 1.29 is 22.7 Å². The summed E-state index contributed by atoms with van der Waals surface area (Å²) in [5.74, 6) is -0.771. The quantitative estimate of drug-likeness (QED) is 0.313. The molecule has 220 valence electrons. The van der Waals surface area contributed by atoms with Gasteiger partial charge in [0, 0.05) is 28.5 Å². The van der Waals surface area contributed by atoms with Crippen LogP contribution in [0.4, 0.5) is 5.69 Å². The monoisotopic (exact) mass is 619 g/mol. The standard InChI is InChI=1S/C30H35Cl2N3O5S/c1-30(2,3)33-29(37)26(17-21-11-7-6-8-12-21)34(19-22-13-9-10-14-24(22)32)28(36)20-35(41(5,38)39)25-18-23(31)15-16-27(25)40-4/h6-16,18,26H,17,19-20H2,1-5H3,(H,33,37)/t26-/m0/s1. The summed E-state index contributed by atoms with van der Waals surface area (Å²) in [6, 6.07) is 19.8. The number of nitrogens with zero attached hydrogens (tertiary/aromatic N) is 2. The van der Waals surface area contributed by atoms with E-state index in [1.807, 2.05) is 51.1 Å². The molecule has 1 atom stereocenters. The number of benzene rings is 3. The van der Waals surface area contributed by atoms with Crippen molar-refractivity contribution in [3.63, 3.8) is 0 Å². The van der Waals surface area contributed by atoms with E-state index in [-0.39, 0.29) is 35.3 Å². The van der Waals surface area contributed by atoms with Crippen molar-refractivity contribution in [2.45, 2.75) is 45.3 Å². The lowest BCUT2D eigenvalue weighted by atomic mass is 10.0. The minimum absolute atomic E-state index is 0.0299. The van der Waals surface area contributed by atoms with Crippen LogP contribution in [0.5, 0.6) is 5.75 Å². The number of amides is 2. The Kier molecular flexibility index (Phi) is 10.7. The van der Waals surface area contributed by atoms with Gasteiger partial charge in [0.25, 0.3) is 0 Å². The van der Waals surface area contributed by atoms with Crippen molar-refractivity contribution in [2.24, 2.45) is 0 Å². The molecule has 3 aromatic carbocycles. The van der Waals surface area contributed by atoms with Crippen molar-refractivity contribution in [1.29, 1.82) is 0 Å². The topological polar surface area (TPSA) is 96.0 Å². The molecule has 0 saturated heterocycles. The maximum absolute atomic E-state index is 14.2. The normalized spacial score (nSPS) is 12.4. The van der Waals surface area contributed by atoms with Crippen LogP contribution < -0.4 is 14.4 Å². The lowest BCUT2D eigenvalue weighted by Crippen LogP contribution is -2.56. The number of hydrogen-bond acceptors (Lipinski definition) is 5. The molecular formula is C30H35Cl2N3O5S. The molecule has 0 aliphatic rings. The van der Waals surface area contributed by atoms with Crippen LogP contribution in [-0.4, -0.2) is 56.6 Å². The number of anilines is 1. The summed E-state index contributed by atoms with van der Waals surface area (Å²) in [7, 11) is -2.60. The van der Waals surface area contributed by atoms with E-state index in [0.717, 1.165) is 16.1 Å². The number of ether oxygens (including phenoxy) is 1. The number of hydrogen-bond donors (Lipinski definition) is 1. The van der Waals surface area contributed by atoms with Gasteiger partial charge >= 0.3 is 0 Å². The van der Waals surface area contributed by atoms with Gasteiger partial charge in [-0.05, 0) is 56.2 Å². The minimum Gasteiger partial charge on any atom is -0.495 e. The third-order valence-corrected chi connectivity index (χ3v) is 7.89. The SMILES string of the molecule is COc1ccc(Cl)cc1N(CC(=O)N(Cc1ccccc1Cl)[C@@H](Cc1ccccc1)C(=O)NC(C)(C)C)S(C)(=O)=O. The van der Waals surface area contributed by atoms with Crippen molar-refractivity contribution in [3.05, 3.63) is 94.0 Å². The van der Waals surface area contributed by atoms with Gasteiger partial charge < -0.3 is 15.0 Å². The molecule has 0 unspecified atom stereocenters. The summed E-state index contributed by atoms with van der Waals surface area (Å²) < 4.78 is 32.4. The second-order valence-corrected chi connectivity index (χ2v) is 13.4. The smallest absolute Gasteiger partial charge is 0.244 e. The largest absolute Gasteiger partial charge is 0.495 e. The van der Waals surface area contributed by atoms with Gasteiger partial charge in [-0.25, -0.2) is 8.42 Å². The summed E-state index contributed by atoms with van der Waals surface area (Å²) in [6.45, 7) is 4.91. The van der Waals surface area contributed by atoms with Gasteiger partial charge in [0.15, 0.2) is 0 Å². The molecule has 0 radical (unpaired) electrons. The first kappa shape index (κ1) is 32.2. The third-order valence-electron chi connectivity index (χ3n) is 6.16. The molecule has 8 nitrogen and oxygen atoms in total. The highest BCUT2D eigenvalue weighted by Gasteiger charge is 2.35. The van der Waals surface area contributed by atoms with Crippen LogP contribution in [0.2, 0.25) is 10.0 Å². The molecule has 41 heavy (non-hydrogen) atoms. The number of rotatable bonds is 11. The van der Waals surface area contributed by atoms with E-state index in [0.29, 0.717) is 10.6 Å². The molecule has 3 aromatic rings. The average molecular weight is 621 g/mol. The molecule has 0 spiro atoms. The summed E-state index contributed by atoms with van der Waals surface area (Å²) >= 11 is 12.7. The fourth-order valence-electron chi connectivity index (χ4n) is 4.27. The van der Waals surface area contributed by atoms with E-state index in [9.17, 15) is 18.0 Å². The molecule has 0 heterocycles. The van der Waals surface area contributed by atoms with Gasteiger partial charge in [0.2, 0.25) is 21.8 Å². The summed E-state index contributed by atoms with van der Waals surface area (Å²) in [4.78, 5) is 29.4.